The summed E-state index contributed by atoms with van der Waals surface area (Å²) in [6.07, 6.45) is 5.05. The summed E-state index contributed by atoms with van der Waals surface area (Å²) in [7, 11) is 0. The average molecular weight is 531 g/mol. The van der Waals surface area contributed by atoms with Crippen LogP contribution in [-0.2, 0) is 27.3 Å². The van der Waals surface area contributed by atoms with Crippen molar-refractivity contribution in [3.05, 3.63) is 88.8 Å². The number of furan rings is 1. The molecule has 3 N–H and O–H groups in total. The number of halogens is 1. The van der Waals surface area contributed by atoms with Crippen LogP contribution in [0, 0.1) is 0 Å². The third-order valence-corrected chi connectivity index (χ3v) is 6.58. The Morgan fingerprint density at radius 2 is 1.84 bits per heavy atom. The molecule has 3 heterocycles. The molecule has 1 saturated heterocycles. The fourth-order valence-electron chi connectivity index (χ4n) is 4.25. The van der Waals surface area contributed by atoms with Crippen molar-refractivity contribution in [2.24, 2.45) is 0 Å². The Bertz CT molecular complexity index is 1470. The molecule has 2 aromatic carbocycles. The molecule has 0 atom stereocenters. The van der Waals surface area contributed by atoms with Gasteiger partial charge in [0.15, 0.2) is 5.58 Å². The van der Waals surface area contributed by atoms with Crippen molar-refractivity contribution in [2.75, 3.05) is 32.0 Å². The van der Waals surface area contributed by atoms with Gasteiger partial charge in [-0.2, -0.15) is 0 Å². The maximum Gasteiger partial charge on any atom is 0.244 e. The summed E-state index contributed by atoms with van der Waals surface area (Å²) in [6.45, 7) is 2.69. The number of nitrogens with two attached hydrogens (primary N) is 1. The van der Waals surface area contributed by atoms with Crippen LogP contribution in [-0.4, -0.2) is 48.0 Å². The van der Waals surface area contributed by atoms with E-state index in [2.05, 4.69) is 10.3 Å². The maximum absolute atomic E-state index is 12.5. The van der Waals surface area contributed by atoms with E-state index in [0.717, 1.165) is 27.6 Å². The Morgan fingerprint density at radius 1 is 1.05 bits per heavy atom. The van der Waals surface area contributed by atoms with E-state index >= 15 is 0 Å². The van der Waals surface area contributed by atoms with Crippen molar-refractivity contribution in [1.82, 2.24) is 15.2 Å². The van der Waals surface area contributed by atoms with E-state index in [-0.39, 0.29) is 18.4 Å². The fourth-order valence-corrected chi connectivity index (χ4v) is 4.52. The molecule has 0 bridgehead atoms. The minimum absolute atomic E-state index is 0.112. The zero-order valence-corrected chi connectivity index (χ0v) is 21.4. The van der Waals surface area contributed by atoms with Crippen LogP contribution in [0.15, 0.2) is 71.3 Å². The van der Waals surface area contributed by atoms with E-state index < -0.39 is 0 Å². The van der Waals surface area contributed by atoms with Crippen LogP contribution in [0.4, 0.5) is 5.82 Å². The van der Waals surface area contributed by atoms with Gasteiger partial charge in [-0.3, -0.25) is 9.59 Å². The minimum atomic E-state index is -0.263. The number of morpholine rings is 1. The van der Waals surface area contributed by atoms with Crippen LogP contribution in [0.5, 0.6) is 0 Å². The summed E-state index contributed by atoms with van der Waals surface area (Å²) in [5.41, 5.74) is 9.79. The van der Waals surface area contributed by atoms with Crippen molar-refractivity contribution in [3.8, 4) is 11.1 Å². The summed E-state index contributed by atoms with van der Waals surface area (Å²) >= 11 is 6.54. The van der Waals surface area contributed by atoms with Gasteiger partial charge < -0.3 is 25.1 Å². The van der Waals surface area contributed by atoms with Crippen molar-refractivity contribution < 1.29 is 18.7 Å². The number of ether oxygens (including phenoxy) is 1. The molecular weight excluding hydrogens is 504 g/mol. The zero-order chi connectivity index (χ0) is 26.5. The van der Waals surface area contributed by atoms with Gasteiger partial charge in [0.2, 0.25) is 11.8 Å². The third kappa shape index (κ3) is 6.22. The molecule has 9 heteroatoms. The lowest BCUT2D eigenvalue weighted by atomic mass is 10.0. The van der Waals surface area contributed by atoms with E-state index in [1.807, 2.05) is 47.4 Å². The smallest absolute Gasteiger partial charge is 0.244 e. The number of nitrogens with zero attached hydrogens (tertiary/aromatic N) is 2. The summed E-state index contributed by atoms with van der Waals surface area (Å²) in [4.78, 5) is 30.6. The van der Waals surface area contributed by atoms with Crippen molar-refractivity contribution in [1.29, 1.82) is 0 Å². The topological polar surface area (TPSA) is 111 Å². The molecule has 2 amide bonds. The number of hydrogen-bond acceptors (Lipinski definition) is 6. The standard InChI is InChI=1S/C29H27ClN4O4/c30-25-16-22(21-5-1-19(2-6-21)13-28(36)34-9-11-37-12-10-34)14-23-15-24(38-29(23)25)18-33-27(35)8-4-20-3-7-26(31)32-17-20/h1-8,14-17H,9-13,18H2,(H2,31,32)(H,33,35). The number of hydrogen-bond donors (Lipinski definition) is 2. The van der Waals surface area contributed by atoms with Crippen LogP contribution >= 0.6 is 11.6 Å². The van der Waals surface area contributed by atoms with Crippen molar-refractivity contribution >= 4 is 46.3 Å². The third-order valence-electron chi connectivity index (χ3n) is 6.30. The predicted octanol–water partition coefficient (Wildman–Crippen LogP) is 4.46. The number of amides is 2. The highest BCUT2D eigenvalue weighted by Crippen LogP contribution is 2.33. The Kier molecular flexibility index (Phi) is 7.72. The van der Waals surface area contributed by atoms with Gasteiger partial charge in [-0.1, -0.05) is 35.9 Å². The number of carbonyl (C=O) groups is 2. The quantitative estimate of drug-likeness (QED) is 0.341. The lowest BCUT2D eigenvalue weighted by Gasteiger charge is -2.26. The molecule has 1 aliphatic heterocycles. The maximum atomic E-state index is 12.5. The Balaban J connectivity index is 1.23. The van der Waals surface area contributed by atoms with Gasteiger partial charge in [0.25, 0.3) is 0 Å². The molecule has 8 nitrogen and oxygen atoms in total. The van der Waals surface area contributed by atoms with Gasteiger partial charge in [0, 0.05) is 30.7 Å². The average Bonchev–Trinajstić information content (AvgIpc) is 3.36. The molecule has 0 saturated carbocycles. The second-order valence-electron chi connectivity index (χ2n) is 9.02. The van der Waals surface area contributed by atoms with E-state index in [1.54, 1.807) is 24.4 Å². The number of nitrogen functional groups attached to an aromatic ring is 1. The zero-order valence-electron chi connectivity index (χ0n) is 20.7. The minimum Gasteiger partial charge on any atom is -0.458 e. The molecule has 194 valence electrons. The first kappa shape index (κ1) is 25.5. The normalized spacial score (nSPS) is 13.8. The van der Waals surface area contributed by atoms with E-state index in [1.165, 1.54) is 6.08 Å². The van der Waals surface area contributed by atoms with Gasteiger partial charge in [0.1, 0.15) is 11.6 Å². The number of rotatable bonds is 7. The van der Waals surface area contributed by atoms with E-state index in [4.69, 9.17) is 26.5 Å². The monoisotopic (exact) mass is 530 g/mol. The highest BCUT2D eigenvalue weighted by Gasteiger charge is 2.17. The van der Waals surface area contributed by atoms with Crippen molar-refractivity contribution in [2.45, 2.75) is 13.0 Å². The number of aromatic nitrogens is 1. The first-order chi connectivity index (χ1) is 18.4. The lowest BCUT2D eigenvalue weighted by Crippen LogP contribution is -2.41. The molecule has 0 spiro atoms. The molecule has 2 aromatic heterocycles. The van der Waals surface area contributed by atoms with E-state index in [9.17, 15) is 9.59 Å². The van der Waals surface area contributed by atoms with Crippen LogP contribution in [0.1, 0.15) is 16.9 Å². The van der Waals surface area contributed by atoms with Gasteiger partial charge >= 0.3 is 0 Å². The number of anilines is 1. The molecule has 4 aromatic rings. The fraction of sp³-hybridized carbons (Fsp3) is 0.207. The SMILES string of the molecule is Nc1ccc(C=CC(=O)NCc2cc3cc(-c4ccc(CC(=O)N5CCOCC5)cc4)cc(Cl)c3o2)cn1. The summed E-state index contributed by atoms with van der Waals surface area (Å²) in [5.74, 6) is 0.862. The summed E-state index contributed by atoms with van der Waals surface area (Å²) < 4.78 is 11.2. The number of pyridine rings is 1. The van der Waals surface area contributed by atoms with Gasteiger partial charge in [-0.15, -0.1) is 0 Å². The molecule has 0 unspecified atom stereocenters. The molecule has 0 aliphatic carbocycles. The van der Waals surface area contributed by atoms with Crippen LogP contribution < -0.4 is 11.1 Å². The van der Waals surface area contributed by atoms with Crippen LogP contribution in [0.2, 0.25) is 5.02 Å². The molecule has 1 aliphatic rings. The predicted molar refractivity (Wildman–Crippen MR) is 147 cm³/mol. The van der Waals surface area contributed by atoms with Gasteiger partial charge in [0.05, 0.1) is 31.2 Å². The molecule has 38 heavy (non-hydrogen) atoms. The molecule has 0 radical (unpaired) electrons. The molecule has 5 rings (SSSR count). The number of fused-ring (bicyclic) bond motifs is 1. The molecular formula is C29H27ClN4O4. The molecule has 1 fully saturated rings. The summed E-state index contributed by atoms with van der Waals surface area (Å²) in [5, 5.41) is 4.13. The van der Waals surface area contributed by atoms with Gasteiger partial charge in [-0.05, 0) is 58.7 Å². The Hall–Kier alpha value is -4.14. The highest BCUT2D eigenvalue weighted by molar-refractivity contribution is 6.35. The second-order valence-corrected chi connectivity index (χ2v) is 9.43. The van der Waals surface area contributed by atoms with Crippen molar-refractivity contribution in [3.63, 3.8) is 0 Å². The first-order valence-corrected chi connectivity index (χ1v) is 12.7. The Morgan fingerprint density at radius 3 is 2.58 bits per heavy atom. The Labute approximate surface area is 225 Å². The second kappa shape index (κ2) is 11.5. The summed E-state index contributed by atoms with van der Waals surface area (Å²) in [6, 6.07) is 17.1. The number of carbonyl (C=O) groups excluding carboxylic acids is 2. The first-order valence-electron chi connectivity index (χ1n) is 12.3. The van der Waals surface area contributed by atoms with E-state index in [0.29, 0.717) is 54.9 Å². The highest BCUT2D eigenvalue weighted by atomic mass is 35.5. The van der Waals surface area contributed by atoms with Crippen LogP contribution in [0.3, 0.4) is 0 Å². The lowest BCUT2D eigenvalue weighted by molar-refractivity contribution is -0.134. The largest absolute Gasteiger partial charge is 0.458 e. The van der Waals surface area contributed by atoms with Crippen LogP contribution in [0.25, 0.3) is 28.2 Å². The van der Waals surface area contributed by atoms with Gasteiger partial charge in [-0.25, -0.2) is 4.98 Å². The number of nitrogens with one attached hydrogen (secondary N) is 1. The number of benzene rings is 2.